The molecule has 0 bridgehead atoms. The predicted molar refractivity (Wildman–Crippen MR) is 96.1 cm³/mol. The van der Waals surface area contributed by atoms with Crippen LogP contribution in [0.1, 0.15) is 48.2 Å². The van der Waals surface area contributed by atoms with E-state index in [1.54, 1.807) is 19.1 Å². The van der Waals surface area contributed by atoms with Crippen LogP contribution >= 0.6 is 0 Å². The molecule has 5 nitrogen and oxygen atoms in total. The summed E-state index contributed by atoms with van der Waals surface area (Å²) in [5.74, 6) is -1.87. The van der Waals surface area contributed by atoms with Gasteiger partial charge in [0.2, 0.25) is 0 Å². The minimum Gasteiger partial charge on any atom is -0.507 e. The number of hydrogen-bond acceptors (Lipinski definition) is 3. The van der Waals surface area contributed by atoms with Gasteiger partial charge >= 0.3 is 11.9 Å². The van der Waals surface area contributed by atoms with Gasteiger partial charge < -0.3 is 15.3 Å². The van der Waals surface area contributed by atoms with Gasteiger partial charge in [-0.3, -0.25) is 4.79 Å². The maximum atomic E-state index is 10.8. The molecule has 2 aromatic rings. The average molecular weight is 344 g/mol. The second kappa shape index (κ2) is 9.47. The molecule has 0 heterocycles. The lowest BCUT2D eigenvalue weighted by Crippen LogP contribution is -2.07. The van der Waals surface area contributed by atoms with E-state index >= 15 is 0 Å². The van der Waals surface area contributed by atoms with E-state index < -0.39 is 17.9 Å². The number of para-hydroxylation sites is 1. The summed E-state index contributed by atoms with van der Waals surface area (Å²) < 4.78 is 0. The minimum atomic E-state index is -1.11. The number of phenols is 1. The molecule has 2 aromatic carbocycles. The Labute approximate surface area is 147 Å². The van der Waals surface area contributed by atoms with Crippen LogP contribution in [0.4, 0.5) is 0 Å². The van der Waals surface area contributed by atoms with Gasteiger partial charge in [-0.25, -0.2) is 4.79 Å². The molecule has 3 N–H and O–H groups in total. The standard InChI is InChI=1S/C13H18O2.C7H6O3/c1-9(2)8-11-4-6-12(7-5-11)10(3)13(14)15;8-6-4-2-1-3-5(6)7(9)10/h4-7,9-10H,8H2,1-3H3,(H,14,15);1-4,8H,(H,9,10). The molecule has 0 spiro atoms. The van der Waals surface area contributed by atoms with E-state index in [1.807, 2.05) is 24.3 Å². The summed E-state index contributed by atoms with van der Waals surface area (Å²) in [5.41, 5.74) is 2.07. The topological polar surface area (TPSA) is 94.8 Å². The van der Waals surface area contributed by atoms with Crippen molar-refractivity contribution in [3.8, 4) is 5.75 Å². The molecular weight excluding hydrogens is 320 g/mol. The van der Waals surface area contributed by atoms with Gasteiger partial charge in [0.15, 0.2) is 0 Å². The summed E-state index contributed by atoms with van der Waals surface area (Å²) >= 11 is 0. The third kappa shape index (κ3) is 6.67. The molecule has 5 heteroatoms. The number of benzene rings is 2. The molecule has 0 aliphatic carbocycles. The van der Waals surface area contributed by atoms with Crippen LogP contribution < -0.4 is 0 Å². The summed E-state index contributed by atoms with van der Waals surface area (Å²) in [4.78, 5) is 21.0. The van der Waals surface area contributed by atoms with E-state index in [1.165, 1.54) is 17.7 Å². The lowest BCUT2D eigenvalue weighted by molar-refractivity contribution is -0.138. The van der Waals surface area contributed by atoms with Crippen LogP contribution in [-0.4, -0.2) is 27.3 Å². The first kappa shape index (κ1) is 20.2. The van der Waals surface area contributed by atoms with Crippen molar-refractivity contribution in [2.24, 2.45) is 5.92 Å². The van der Waals surface area contributed by atoms with E-state index in [0.717, 1.165) is 12.0 Å². The second-order valence-electron chi connectivity index (χ2n) is 6.22. The van der Waals surface area contributed by atoms with Crippen molar-refractivity contribution in [1.29, 1.82) is 0 Å². The Morgan fingerprint density at radius 3 is 1.88 bits per heavy atom. The highest BCUT2D eigenvalue weighted by Gasteiger charge is 2.12. The lowest BCUT2D eigenvalue weighted by Gasteiger charge is -2.09. The highest BCUT2D eigenvalue weighted by atomic mass is 16.4. The highest BCUT2D eigenvalue weighted by Crippen LogP contribution is 2.17. The first-order chi connectivity index (χ1) is 11.7. The molecule has 0 saturated heterocycles. The van der Waals surface area contributed by atoms with Gasteiger partial charge in [0.25, 0.3) is 0 Å². The fourth-order valence-corrected chi connectivity index (χ4v) is 2.21. The van der Waals surface area contributed by atoms with E-state index in [-0.39, 0.29) is 11.3 Å². The van der Waals surface area contributed by atoms with Gasteiger partial charge in [0.05, 0.1) is 5.92 Å². The van der Waals surface area contributed by atoms with Crippen LogP contribution in [0.5, 0.6) is 5.75 Å². The van der Waals surface area contributed by atoms with Gasteiger partial charge in [-0.15, -0.1) is 0 Å². The molecule has 0 amide bonds. The van der Waals surface area contributed by atoms with Crippen molar-refractivity contribution in [2.45, 2.75) is 33.1 Å². The summed E-state index contributed by atoms with van der Waals surface area (Å²) in [6.07, 6.45) is 1.04. The van der Waals surface area contributed by atoms with Gasteiger partial charge in [0.1, 0.15) is 11.3 Å². The molecule has 134 valence electrons. The predicted octanol–water partition coefficient (Wildman–Crippen LogP) is 4.16. The number of hydrogen-bond donors (Lipinski definition) is 3. The molecule has 1 atom stereocenters. The summed E-state index contributed by atoms with van der Waals surface area (Å²) in [5, 5.41) is 26.2. The molecule has 0 saturated carbocycles. The first-order valence-corrected chi connectivity index (χ1v) is 8.05. The Morgan fingerprint density at radius 2 is 1.48 bits per heavy atom. The highest BCUT2D eigenvalue weighted by molar-refractivity contribution is 5.90. The van der Waals surface area contributed by atoms with Crippen LogP contribution in [-0.2, 0) is 11.2 Å². The zero-order valence-corrected chi connectivity index (χ0v) is 14.6. The Balaban J connectivity index is 0.000000271. The first-order valence-electron chi connectivity index (χ1n) is 8.05. The van der Waals surface area contributed by atoms with Crippen molar-refractivity contribution in [1.82, 2.24) is 0 Å². The van der Waals surface area contributed by atoms with E-state index in [9.17, 15) is 9.59 Å². The largest absolute Gasteiger partial charge is 0.507 e. The molecular formula is C20H24O5. The second-order valence-corrected chi connectivity index (χ2v) is 6.22. The summed E-state index contributed by atoms with van der Waals surface area (Å²) in [6.45, 7) is 6.06. The van der Waals surface area contributed by atoms with Crippen molar-refractivity contribution in [3.63, 3.8) is 0 Å². The average Bonchev–Trinajstić information content (AvgIpc) is 2.55. The monoisotopic (exact) mass is 344 g/mol. The zero-order chi connectivity index (χ0) is 19.0. The number of aliphatic carboxylic acids is 1. The van der Waals surface area contributed by atoms with E-state index in [2.05, 4.69) is 13.8 Å². The number of rotatable bonds is 5. The van der Waals surface area contributed by atoms with Gasteiger partial charge in [-0.2, -0.15) is 0 Å². The normalized spacial score (nSPS) is 11.4. The number of carboxylic acid groups (broad SMARTS) is 2. The molecule has 0 fully saturated rings. The van der Waals surface area contributed by atoms with Crippen molar-refractivity contribution in [2.75, 3.05) is 0 Å². The van der Waals surface area contributed by atoms with E-state index in [4.69, 9.17) is 15.3 Å². The van der Waals surface area contributed by atoms with Gasteiger partial charge in [-0.05, 0) is 42.5 Å². The third-order valence-corrected chi connectivity index (χ3v) is 3.63. The van der Waals surface area contributed by atoms with Crippen LogP contribution in [0.2, 0.25) is 0 Å². The van der Waals surface area contributed by atoms with Crippen LogP contribution in [0.25, 0.3) is 0 Å². The lowest BCUT2D eigenvalue weighted by atomic mass is 9.97. The fourth-order valence-electron chi connectivity index (χ4n) is 2.21. The molecule has 0 aliphatic heterocycles. The number of carbonyl (C=O) groups is 2. The fraction of sp³-hybridized carbons (Fsp3) is 0.300. The Hall–Kier alpha value is -2.82. The molecule has 0 aliphatic rings. The molecule has 0 radical (unpaired) electrons. The SMILES string of the molecule is CC(C)Cc1ccc(C(C)C(=O)O)cc1.O=C(O)c1ccccc1O. The van der Waals surface area contributed by atoms with Crippen molar-refractivity contribution >= 4 is 11.9 Å². The number of aromatic carboxylic acids is 1. The number of carboxylic acids is 2. The van der Waals surface area contributed by atoms with Crippen LogP contribution in [0, 0.1) is 5.92 Å². The van der Waals surface area contributed by atoms with Gasteiger partial charge in [-0.1, -0.05) is 50.2 Å². The van der Waals surface area contributed by atoms with Crippen molar-refractivity contribution < 1.29 is 24.9 Å². The maximum absolute atomic E-state index is 10.8. The summed E-state index contributed by atoms with van der Waals surface area (Å²) in [6, 6.07) is 13.7. The zero-order valence-electron chi connectivity index (χ0n) is 14.6. The maximum Gasteiger partial charge on any atom is 0.339 e. The molecule has 0 aromatic heterocycles. The Bertz CT molecular complexity index is 704. The molecule has 2 rings (SSSR count). The van der Waals surface area contributed by atoms with Crippen molar-refractivity contribution in [3.05, 3.63) is 65.2 Å². The van der Waals surface area contributed by atoms with E-state index in [0.29, 0.717) is 5.92 Å². The minimum absolute atomic E-state index is 0.0671. The number of aromatic hydroxyl groups is 1. The smallest absolute Gasteiger partial charge is 0.339 e. The molecule has 25 heavy (non-hydrogen) atoms. The van der Waals surface area contributed by atoms with Crippen LogP contribution in [0.3, 0.4) is 0 Å². The van der Waals surface area contributed by atoms with Crippen LogP contribution in [0.15, 0.2) is 48.5 Å². The third-order valence-electron chi connectivity index (χ3n) is 3.63. The Kier molecular flexibility index (Phi) is 7.66. The Morgan fingerprint density at radius 1 is 0.920 bits per heavy atom. The molecule has 1 unspecified atom stereocenters. The quantitative estimate of drug-likeness (QED) is 0.757. The van der Waals surface area contributed by atoms with Gasteiger partial charge in [0, 0.05) is 0 Å². The summed E-state index contributed by atoms with van der Waals surface area (Å²) in [7, 11) is 0.